The minimum absolute atomic E-state index is 0.0551. The Morgan fingerprint density at radius 2 is 1.64 bits per heavy atom. The van der Waals surface area contributed by atoms with Gasteiger partial charge in [0.2, 0.25) is 0 Å². The molecule has 0 aliphatic rings. The molecule has 0 amide bonds. The van der Waals surface area contributed by atoms with Crippen molar-refractivity contribution < 1.29 is 9.53 Å². The van der Waals surface area contributed by atoms with E-state index >= 15 is 0 Å². The maximum absolute atomic E-state index is 11.7. The predicted octanol–water partition coefficient (Wildman–Crippen LogP) is 4.55. The molecule has 0 bridgehead atoms. The molecule has 0 radical (unpaired) electrons. The maximum atomic E-state index is 11.7. The Kier molecular flexibility index (Phi) is 5.94. The van der Waals surface area contributed by atoms with Gasteiger partial charge >= 0.3 is 0 Å². The van der Waals surface area contributed by atoms with E-state index in [1.54, 1.807) is 25.3 Å². The third-order valence-corrected chi connectivity index (χ3v) is 2.99. The van der Waals surface area contributed by atoms with Crippen molar-refractivity contribution in [2.45, 2.75) is 0 Å². The van der Waals surface area contributed by atoms with Crippen LogP contribution in [0.4, 0.5) is 0 Å². The van der Waals surface area contributed by atoms with Gasteiger partial charge in [-0.2, -0.15) is 0 Å². The quantitative estimate of drug-likeness (QED) is 0.576. The lowest BCUT2D eigenvalue weighted by molar-refractivity contribution is -0.110. The van der Waals surface area contributed by atoms with Crippen LogP contribution in [-0.4, -0.2) is 12.9 Å². The second kappa shape index (κ2) is 8.42. The van der Waals surface area contributed by atoms with Crippen LogP contribution in [0.1, 0.15) is 11.1 Å². The first-order chi connectivity index (χ1) is 10.8. The van der Waals surface area contributed by atoms with Crippen molar-refractivity contribution in [2.75, 3.05) is 7.11 Å². The lowest BCUT2D eigenvalue weighted by atomic mass is 10.2. The topological polar surface area (TPSA) is 26.3 Å². The molecule has 0 aliphatic heterocycles. The molecule has 110 valence electrons. The van der Waals surface area contributed by atoms with Gasteiger partial charge in [-0.3, -0.25) is 4.79 Å². The normalized spacial score (nSPS) is 11.5. The summed E-state index contributed by atoms with van der Waals surface area (Å²) in [5.41, 5.74) is 2.03. The number of rotatable bonds is 6. The van der Waals surface area contributed by atoms with E-state index in [9.17, 15) is 4.79 Å². The molecule has 0 N–H and O–H groups in total. The van der Waals surface area contributed by atoms with Gasteiger partial charge in [-0.05, 0) is 35.4 Å². The van der Waals surface area contributed by atoms with Crippen LogP contribution in [0.5, 0.6) is 5.75 Å². The average molecular weight is 290 g/mol. The number of carbonyl (C=O) groups is 1. The summed E-state index contributed by atoms with van der Waals surface area (Å²) in [6.45, 7) is 0. The smallest absolute Gasteiger partial charge is 0.178 e. The number of ether oxygens (including phenoxy) is 1. The monoisotopic (exact) mass is 290 g/mol. The Balaban J connectivity index is 1.90. The van der Waals surface area contributed by atoms with E-state index in [-0.39, 0.29) is 5.78 Å². The summed E-state index contributed by atoms with van der Waals surface area (Å²) in [7, 11) is 1.62. The molecule has 0 spiro atoms. The first-order valence-electron chi connectivity index (χ1n) is 7.04. The third kappa shape index (κ3) is 5.25. The van der Waals surface area contributed by atoms with Crippen LogP contribution in [0.3, 0.4) is 0 Å². The summed E-state index contributed by atoms with van der Waals surface area (Å²) in [4.78, 5) is 11.7. The fourth-order valence-electron chi connectivity index (χ4n) is 1.86. The highest BCUT2D eigenvalue weighted by Gasteiger charge is 1.93. The van der Waals surface area contributed by atoms with E-state index in [0.29, 0.717) is 0 Å². The summed E-state index contributed by atoms with van der Waals surface area (Å²) in [5, 5.41) is 0. The minimum Gasteiger partial charge on any atom is -0.497 e. The molecule has 2 rings (SSSR count). The molecule has 2 heteroatoms. The van der Waals surface area contributed by atoms with Gasteiger partial charge in [-0.15, -0.1) is 0 Å². The summed E-state index contributed by atoms with van der Waals surface area (Å²) in [6, 6.07) is 17.5. The Bertz CT molecular complexity index is 695. The second-order valence-electron chi connectivity index (χ2n) is 4.64. The van der Waals surface area contributed by atoms with Crippen LogP contribution in [0.15, 0.2) is 78.9 Å². The van der Waals surface area contributed by atoms with E-state index in [1.807, 2.05) is 66.7 Å². The van der Waals surface area contributed by atoms with Crippen molar-refractivity contribution in [1.29, 1.82) is 0 Å². The van der Waals surface area contributed by atoms with Crippen molar-refractivity contribution in [1.82, 2.24) is 0 Å². The van der Waals surface area contributed by atoms with Gasteiger partial charge in [-0.25, -0.2) is 0 Å². The lowest BCUT2D eigenvalue weighted by Crippen LogP contribution is -1.85. The van der Waals surface area contributed by atoms with Crippen LogP contribution in [0.25, 0.3) is 12.2 Å². The van der Waals surface area contributed by atoms with E-state index in [2.05, 4.69) is 0 Å². The zero-order valence-corrected chi connectivity index (χ0v) is 12.5. The molecule has 0 unspecified atom stereocenters. The Labute approximate surface area is 131 Å². The number of benzene rings is 2. The van der Waals surface area contributed by atoms with Gasteiger partial charge in [0, 0.05) is 0 Å². The van der Waals surface area contributed by atoms with Gasteiger partial charge in [0.15, 0.2) is 5.78 Å². The van der Waals surface area contributed by atoms with Crippen LogP contribution in [0, 0.1) is 0 Å². The summed E-state index contributed by atoms with van der Waals surface area (Å²) in [5.74, 6) is 0.719. The van der Waals surface area contributed by atoms with Crippen molar-refractivity contribution in [2.24, 2.45) is 0 Å². The van der Waals surface area contributed by atoms with Crippen LogP contribution in [-0.2, 0) is 4.79 Å². The number of carbonyl (C=O) groups excluding carboxylic acids is 1. The third-order valence-electron chi connectivity index (χ3n) is 2.99. The Morgan fingerprint density at radius 1 is 0.864 bits per heavy atom. The molecule has 2 aromatic rings. The molecule has 0 atom stereocenters. The van der Waals surface area contributed by atoms with Crippen LogP contribution >= 0.6 is 0 Å². The Morgan fingerprint density at radius 3 is 2.41 bits per heavy atom. The van der Waals surface area contributed by atoms with Gasteiger partial charge in [-0.1, -0.05) is 66.8 Å². The van der Waals surface area contributed by atoms with E-state index in [4.69, 9.17) is 4.74 Å². The fraction of sp³-hybridized carbons (Fsp3) is 0.0500. The molecule has 0 saturated carbocycles. The lowest BCUT2D eigenvalue weighted by Gasteiger charge is -1.99. The zero-order chi connectivity index (χ0) is 15.6. The number of methoxy groups -OCH3 is 1. The minimum atomic E-state index is -0.0551. The molecule has 0 fully saturated rings. The summed E-state index contributed by atoms with van der Waals surface area (Å²) >= 11 is 0. The first-order valence-corrected chi connectivity index (χ1v) is 7.04. The number of hydrogen-bond donors (Lipinski definition) is 0. The molecular formula is C20H18O2. The second-order valence-corrected chi connectivity index (χ2v) is 4.64. The highest BCUT2D eigenvalue weighted by molar-refractivity contribution is 6.02. The molecule has 22 heavy (non-hydrogen) atoms. The SMILES string of the molecule is COc1cccc(/C=C\C(=O)/C=C/C=C\c2ccccc2)c1. The van der Waals surface area contributed by atoms with Gasteiger partial charge in [0.1, 0.15) is 5.75 Å². The van der Waals surface area contributed by atoms with Crippen molar-refractivity contribution in [3.63, 3.8) is 0 Å². The van der Waals surface area contributed by atoms with Gasteiger partial charge in [0.05, 0.1) is 7.11 Å². The van der Waals surface area contributed by atoms with Crippen LogP contribution < -0.4 is 4.74 Å². The summed E-state index contributed by atoms with van der Waals surface area (Å²) < 4.78 is 5.14. The van der Waals surface area contributed by atoms with E-state index in [1.165, 1.54) is 6.08 Å². The first kappa shape index (κ1) is 15.5. The standard InChI is InChI=1S/C20H18O2/c1-22-20-13-7-11-18(16-20)14-15-19(21)12-6-5-10-17-8-3-2-4-9-17/h2-16H,1H3/b10-5-,12-6+,15-14-. The van der Waals surface area contributed by atoms with Crippen LogP contribution in [0.2, 0.25) is 0 Å². The molecular weight excluding hydrogens is 272 g/mol. The largest absolute Gasteiger partial charge is 0.497 e. The van der Waals surface area contributed by atoms with Crippen molar-refractivity contribution in [3.05, 3.63) is 90.0 Å². The molecule has 0 aromatic heterocycles. The average Bonchev–Trinajstić information content (AvgIpc) is 2.58. The van der Waals surface area contributed by atoms with Crippen molar-refractivity contribution in [3.8, 4) is 5.75 Å². The molecule has 2 aromatic carbocycles. The molecule has 0 aliphatic carbocycles. The fourth-order valence-corrected chi connectivity index (χ4v) is 1.86. The summed E-state index contributed by atoms with van der Waals surface area (Å²) in [6.07, 6.45) is 10.4. The van der Waals surface area contributed by atoms with Crippen molar-refractivity contribution >= 4 is 17.9 Å². The zero-order valence-electron chi connectivity index (χ0n) is 12.5. The highest BCUT2D eigenvalue weighted by Crippen LogP contribution is 2.13. The number of allylic oxidation sites excluding steroid dienone is 4. The van der Waals surface area contributed by atoms with E-state index < -0.39 is 0 Å². The molecule has 2 nitrogen and oxygen atoms in total. The van der Waals surface area contributed by atoms with Gasteiger partial charge in [0.25, 0.3) is 0 Å². The highest BCUT2D eigenvalue weighted by atomic mass is 16.5. The Hall–Kier alpha value is -2.87. The maximum Gasteiger partial charge on any atom is 0.178 e. The number of hydrogen-bond acceptors (Lipinski definition) is 2. The number of ketones is 1. The molecule has 0 heterocycles. The molecule has 0 saturated heterocycles. The van der Waals surface area contributed by atoms with Gasteiger partial charge < -0.3 is 4.74 Å². The van der Waals surface area contributed by atoms with E-state index in [0.717, 1.165) is 16.9 Å². The predicted molar refractivity (Wildman–Crippen MR) is 91.7 cm³/mol.